The van der Waals surface area contributed by atoms with Crippen LogP contribution in [0, 0.1) is 0 Å². The van der Waals surface area contributed by atoms with Crippen LogP contribution in [0.15, 0.2) is 67.0 Å². The normalized spacial score (nSPS) is 12.8. The summed E-state index contributed by atoms with van der Waals surface area (Å²) in [6.45, 7) is 0.247. The molecule has 1 fully saturated rings. The summed E-state index contributed by atoms with van der Waals surface area (Å²) in [5.74, 6) is -0.0984. The van der Waals surface area contributed by atoms with Crippen LogP contribution in [-0.4, -0.2) is 31.8 Å². The van der Waals surface area contributed by atoms with Crippen molar-refractivity contribution in [1.82, 2.24) is 20.1 Å². The van der Waals surface area contributed by atoms with Gasteiger partial charge in [0.25, 0.3) is 5.91 Å². The summed E-state index contributed by atoms with van der Waals surface area (Å²) in [6.07, 6.45) is 4.99. The van der Waals surface area contributed by atoms with Crippen LogP contribution in [0.25, 0.3) is 11.3 Å². The average Bonchev–Trinajstić information content (AvgIpc) is 3.64. The van der Waals surface area contributed by atoms with Crippen molar-refractivity contribution in [1.29, 1.82) is 0 Å². The zero-order valence-corrected chi connectivity index (χ0v) is 20.4. The van der Waals surface area contributed by atoms with E-state index in [9.17, 15) is 14.7 Å². The van der Waals surface area contributed by atoms with E-state index in [1.54, 1.807) is 48.5 Å². The molecular weight excluding hydrogens is 501 g/mol. The van der Waals surface area contributed by atoms with Gasteiger partial charge in [0.2, 0.25) is 0 Å². The standard InChI is InChI=1S/C26H21Cl2N5O3/c27-20-5-1-15(11-21(20)28)14-30-26(36)33-23(16-2-3-16)13-22(32-33)19-12-18(4-6-24(19)34)31-25(35)17-7-9-29-10-8-17/h1,4-13,16,34H,2-3,14H2,(H,30,36)(H,31,35). The Hall–Kier alpha value is -3.88. The Kier molecular flexibility index (Phi) is 6.63. The molecule has 0 aliphatic heterocycles. The van der Waals surface area contributed by atoms with Gasteiger partial charge in [-0.3, -0.25) is 9.78 Å². The minimum Gasteiger partial charge on any atom is -0.507 e. The van der Waals surface area contributed by atoms with Crippen molar-refractivity contribution in [2.24, 2.45) is 0 Å². The van der Waals surface area contributed by atoms with E-state index in [1.807, 2.05) is 0 Å². The zero-order valence-electron chi connectivity index (χ0n) is 18.9. The maximum atomic E-state index is 13.0. The SMILES string of the molecule is O=C(Nc1ccc(O)c(-c2cc(C3CC3)n(C(=O)NCc3ccc(Cl)c(Cl)c3)n2)c1)c1ccncc1. The smallest absolute Gasteiger partial charge is 0.342 e. The maximum Gasteiger partial charge on any atom is 0.342 e. The molecule has 0 atom stereocenters. The molecule has 8 nitrogen and oxygen atoms in total. The number of amides is 2. The number of aromatic hydroxyl groups is 1. The highest BCUT2D eigenvalue weighted by molar-refractivity contribution is 6.42. The number of nitrogens with one attached hydrogen (secondary N) is 2. The molecule has 182 valence electrons. The second-order valence-corrected chi connectivity index (χ2v) is 9.28. The zero-order chi connectivity index (χ0) is 25.2. The fourth-order valence-corrected chi connectivity index (χ4v) is 4.11. The minimum absolute atomic E-state index is 0.0138. The lowest BCUT2D eigenvalue weighted by Gasteiger charge is -2.09. The summed E-state index contributed by atoms with van der Waals surface area (Å²) >= 11 is 12.0. The number of rotatable bonds is 6. The number of hydrogen-bond donors (Lipinski definition) is 3. The maximum absolute atomic E-state index is 13.0. The number of carbonyl (C=O) groups excluding carboxylic acids is 2. The highest BCUT2D eigenvalue weighted by Crippen LogP contribution is 2.42. The van der Waals surface area contributed by atoms with Gasteiger partial charge in [-0.05, 0) is 66.9 Å². The van der Waals surface area contributed by atoms with Crippen molar-refractivity contribution in [3.05, 3.63) is 93.9 Å². The summed E-state index contributed by atoms with van der Waals surface area (Å²) in [5.41, 5.74) is 3.34. The summed E-state index contributed by atoms with van der Waals surface area (Å²) in [5, 5.41) is 21.6. The van der Waals surface area contributed by atoms with E-state index in [-0.39, 0.29) is 24.1 Å². The third-order valence-corrected chi connectivity index (χ3v) is 6.56. The van der Waals surface area contributed by atoms with Crippen molar-refractivity contribution in [3.63, 3.8) is 0 Å². The molecule has 0 spiro atoms. The van der Waals surface area contributed by atoms with Crippen molar-refractivity contribution in [3.8, 4) is 17.0 Å². The molecule has 1 aliphatic carbocycles. The molecule has 3 N–H and O–H groups in total. The highest BCUT2D eigenvalue weighted by atomic mass is 35.5. The Morgan fingerprint density at radius 3 is 2.50 bits per heavy atom. The number of hydrogen-bond acceptors (Lipinski definition) is 5. The van der Waals surface area contributed by atoms with Crippen LogP contribution in [0.4, 0.5) is 10.5 Å². The van der Waals surface area contributed by atoms with Gasteiger partial charge >= 0.3 is 6.03 Å². The quantitative estimate of drug-likeness (QED) is 0.276. The van der Waals surface area contributed by atoms with E-state index >= 15 is 0 Å². The Morgan fingerprint density at radius 1 is 1.00 bits per heavy atom. The molecule has 1 aliphatic rings. The Morgan fingerprint density at radius 2 is 1.78 bits per heavy atom. The molecular formula is C26H21Cl2N5O3. The molecule has 2 heterocycles. The number of phenolic OH excluding ortho intramolecular Hbond substituents is 1. The lowest BCUT2D eigenvalue weighted by molar-refractivity contribution is 0.102. The number of phenols is 1. The number of halogens is 2. The van der Waals surface area contributed by atoms with Gasteiger partial charge in [-0.1, -0.05) is 29.3 Å². The molecule has 0 bridgehead atoms. The fraction of sp³-hybridized carbons (Fsp3) is 0.154. The first kappa shape index (κ1) is 23.8. The van der Waals surface area contributed by atoms with Crippen LogP contribution >= 0.6 is 23.2 Å². The van der Waals surface area contributed by atoms with E-state index in [0.29, 0.717) is 32.6 Å². The Bertz CT molecular complexity index is 1450. The summed E-state index contributed by atoms with van der Waals surface area (Å²) < 4.78 is 1.34. The molecule has 4 aromatic rings. The molecule has 5 rings (SSSR count). The number of aromatic nitrogens is 3. The van der Waals surface area contributed by atoms with E-state index < -0.39 is 6.03 Å². The van der Waals surface area contributed by atoms with E-state index in [2.05, 4.69) is 20.7 Å². The molecule has 0 unspecified atom stereocenters. The van der Waals surface area contributed by atoms with E-state index in [1.165, 1.54) is 23.1 Å². The van der Waals surface area contributed by atoms with E-state index in [4.69, 9.17) is 23.2 Å². The van der Waals surface area contributed by atoms with Crippen LogP contribution in [0.3, 0.4) is 0 Å². The van der Waals surface area contributed by atoms with Gasteiger partial charge in [-0.2, -0.15) is 9.78 Å². The predicted molar refractivity (Wildman–Crippen MR) is 138 cm³/mol. The number of benzene rings is 2. The Labute approximate surface area is 216 Å². The first-order valence-corrected chi connectivity index (χ1v) is 12.0. The van der Waals surface area contributed by atoms with Gasteiger partial charge in [-0.25, -0.2) is 4.79 Å². The minimum atomic E-state index is -0.393. The fourth-order valence-electron chi connectivity index (χ4n) is 3.79. The number of anilines is 1. The molecule has 1 saturated carbocycles. The highest BCUT2D eigenvalue weighted by Gasteiger charge is 2.31. The summed E-state index contributed by atoms with van der Waals surface area (Å²) in [6, 6.07) is 14.5. The second-order valence-electron chi connectivity index (χ2n) is 8.47. The van der Waals surface area contributed by atoms with Gasteiger partial charge in [0.05, 0.1) is 21.4 Å². The van der Waals surface area contributed by atoms with E-state index in [0.717, 1.165) is 24.1 Å². The third kappa shape index (κ3) is 5.19. The van der Waals surface area contributed by atoms with Crippen LogP contribution in [0.1, 0.15) is 40.4 Å². The largest absolute Gasteiger partial charge is 0.507 e. The van der Waals surface area contributed by atoms with Crippen LogP contribution in [0.2, 0.25) is 10.0 Å². The molecule has 0 radical (unpaired) electrons. The first-order chi connectivity index (χ1) is 17.4. The second kappa shape index (κ2) is 10.0. The first-order valence-electron chi connectivity index (χ1n) is 11.3. The van der Waals surface area contributed by atoms with Gasteiger partial charge in [0, 0.05) is 41.7 Å². The molecule has 0 saturated heterocycles. The van der Waals surface area contributed by atoms with Crippen LogP contribution in [0.5, 0.6) is 5.75 Å². The molecule has 36 heavy (non-hydrogen) atoms. The van der Waals surface area contributed by atoms with Gasteiger partial charge < -0.3 is 15.7 Å². The van der Waals surface area contributed by atoms with Gasteiger partial charge in [0.15, 0.2) is 0 Å². The van der Waals surface area contributed by atoms with Crippen molar-refractivity contribution < 1.29 is 14.7 Å². The van der Waals surface area contributed by atoms with Gasteiger partial charge in [-0.15, -0.1) is 0 Å². The number of pyridine rings is 1. The molecule has 2 amide bonds. The molecule has 10 heteroatoms. The monoisotopic (exact) mass is 521 g/mol. The summed E-state index contributed by atoms with van der Waals surface area (Å²) in [7, 11) is 0. The topological polar surface area (TPSA) is 109 Å². The van der Waals surface area contributed by atoms with Crippen molar-refractivity contribution in [2.45, 2.75) is 25.3 Å². The third-order valence-electron chi connectivity index (χ3n) is 5.83. The summed E-state index contributed by atoms with van der Waals surface area (Å²) in [4.78, 5) is 29.5. The predicted octanol–water partition coefficient (Wildman–Crippen LogP) is 5.85. The molecule has 2 aromatic heterocycles. The molecule has 2 aromatic carbocycles. The van der Waals surface area contributed by atoms with Crippen LogP contribution in [-0.2, 0) is 6.54 Å². The van der Waals surface area contributed by atoms with Crippen molar-refractivity contribution >= 4 is 40.8 Å². The van der Waals surface area contributed by atoms with Gasteiger partial charge in [0.1, 0.15) is 5.75 Å². The Balaban J connectivity index is 1.38. The van der Waals surface area contributed by atoms with Crippen molar-refractivity contribution in [2.75, 3.05) is 5.32 Å². The number of nitrogens with zero attached hydrogens (tertiary/aromatic N) is 3. The lowest BCUT2D eigenvalue weighted by Crippen LogP contribution is -2.30. The average molecular weight is 522 g/mol. The van der Waals surface area contributed by atoms with Crippen LogP contribution < -0.4 is 10.6 Å². The lowest BCUT2D eigenvalue weighted by atomic mass is 10.1. The number of carbonyl (C=O) groups is 2.